The first kappa shape index (κ1) is 15.7. The quantitative estimate of drug-likeness (QED) is 0.622. The van der Waals surface area contributed by atoms with E-state index in [0.29, 0.717) is 5.56 Å². The number of methoxy groups -OCH3 is 2. The highest BCUT2D eigenvalue weighted by atomic mass is 16.5. The van der Waals surface area contributed by atoms with E-state index in [0.717, 1.165) is 0 Å². The van der Waals surface area contributed by atoms with Crippen molar-refractivity contribution in [2.75, 3.05) is 14.2 Å². The van der Waals surface area contributed by atoms with Gasteiger partial charge in [-0.05, 0) is 5.56 Å². The Morgan fingerprint density at radius 2 is 1.95 bits per heavy atom. The number of hydrogen-bond donors (Lipinski definition) is 1. The van der Waals surface area contributed by atoms with Crippen LogP contribution in [0.25, 0.3) is 0 Å². The van der Waals surface area contributed by atoms with Gasteiger partial charge in [-0.15, -0.1) is 12.3 Å². The maximum absolute atomic E-state index is 12.2. The van der Waals surface area contributed by atoms with Gasteiger partial charge < -0.3 is 14.8 Å². The van der Waals surface area contributed by atoms with E-state index < -0.39 is 24.0 Å². The molecule has 0 bridgehead atoms. The van der Waals surface area contributed by atoms with Crippen molar-refractivity contribution in [3.63, 3.8) is 0 Å². The molecular weight excluding hydrogens is 258 g/mol. The topological polar surface area (TPSA) is 64.6 Å². The lowest BCUT2D eigenvalue weighted by Gasteiger charge is -2.19. The Bertz CT molecular complexity index is 492. The minimum Gasteiger partial charge on any atom is -0.467 e. The first-order chi connectivity index (χ1) is 9.63. The SMILES string of the molecule is C#CC[C@@H](NC(=O)[C@H](OC)c1ccccc1)C(=O)OC. The van der Waals surface area contributed by atoms with Crippen molar-refractivity contribution in [1.82, 2.24) is 5.32 Å². The van der Waals surface area contributed by atoms with Crippen molar-refractivity contribution in [3.05, 3.63) is 35.9 Å². The van der Waals surface area contributed by atoms with Crippen LogP contribution < -0.4 is 5.32 Å². The summed E-state index contributed by atoms with van der Waals surface area (Å²) in [6.45, 7) is 0. The van der Waals surface area contributed by atoms with Crippen molar-refractivity contribution in [2.24, 2.45) is 0 Å². The third-order valence-electron chi connectivity index (χ3n) is 2.70. The highest BCUT2D eigenvalue weighted by molar-refractivity contribution is 5.87. The average molecular weight is 275 g/mol. The largest absolute Gasteiger partial charge is 0.467 e. The Morgan fingerprint density at radius 3 is 2.45 bits per heavy atom. The van der Waals surface area contributed by atoms with Gasteiger partial charge in [0.05, 0.1) is 7.11 Å². The zero-order chi connectivity index (χ0) is 15.0. The molecule has 0 fully saturated rings. The summed E-state index contributed by atoms with van der Waals surface area (Å²) in [5, 5.41) is 2.54. The van der Waals surface area contributed by atoms with Gasteiger partial charge in [-0.25, -0.2) is 4.79 Å². The van der Waals surface area contributed by atoms with Gasteiger partial charge in [0, 0.05) is 13.5 Å². The molecule has 1 rings (SSSR count). The summed E-state index contributed by atoms with van der Waals surface area (Å²) in [5.41, 5.74) is 0.692. The van der Waals surface area contributed by atoms with Crippen LogP contribution in [0.4, 0.5) is 0 Å². The van der Waals surface area contributed by atoms with E-state index in [1.54, 1.807) is 24.3 Å². The number of nitrogens with one attached hydrogen (secondary N) is 1. The lowest BCUT2D eigenvalue weighted by atomic mass is 10.1. The predicted octanol–water partition coefficient (Wildman–Crippen LogP) is 1.06. The normalized spacial score (nSPS) is 12.8. The Hall–Kier alpha value is -2.32. The predicted molar refractivity (Wildman–Crippen MR) is 73.6 cm³/mol. The summed E-state index contributed by atoms with van der Waals surface area (Å²) in [4.78, 5) is 23.7. The molecule has 0 heterocycles. The Morgan fingerprint density at radius 1 is 1.30 bits per heavy atom. The van der Waals surface area contributed by atoms with Gasteiger partial charge >= 0.3 is 5.97 Å². The summed E-state index contributed by atoms with van der Waals surface area (Å²) in [7, 11) is 2.66. The molecule has 0 saturated carbocycles. The van der Waals surface area contributed by atoms with Gasteiger partial charge in [0.15, 0.2) is 6.10 Å². The van der Waals surface area contributed by atoms with Crippen LogP contribution in [0.5, 0.6) is 0 Å². The van der Waals surface area contributed by atoms with Gasteiger partial charge in [-0.1, -0.05) is 30.3 Å². The molecule has 1 aromatic carbocycles. The van der Waals surface area contributed by atoms with E-state index in [1.165, 1.54) is 14.2 Å². The van der Waals surface area contributed by atoms with Crippen LogP contribution in [0.1, 0.15) is 18.1 Å². The number of carbonyl (C=O) groups excluding carboxylic acids is 2. The van der Waals surface area contributed by atoms with Crippen LogP contribution in [0.15, 0.2) is 30.3 Å². The van der Waals surface area contributed by atoms with E-state index in [4.69, 9.17) is 11.2 Å². The number of terminal acetylenes is 1. The van der Waals surface area contributed by atoms with Crippen molar-refractivity contribution < 1.29 is 19.1 Å². The van der Waals surface area contributed by atoms with Crippen LogP contribution in [0, 0.1) is 12.3 Å². The zero-order valence-corrected chi connectivity index (χ0v) is 11.5. The van der Waals surface area contributed by atoms with E-state index in [1.807, 2.05) is 6.07 Å². The van der Waals surface area contributed by atoms with Gasteiger partial charge in [-0.3, -0.25) is 4.79 Å². The number of rotatable bonds is 6. The number of amides is 1. The third kappa shape index (κ3) is 4.11. The van der Waals surface area contributed by atoms with Crippen LogP contribution in [-0.4, -0.2) is 32.1 Å². The summed E-state index contributed by atoms with van der Waals surface area (Å²) < 4.78 is 9.77. The molecule has 0 spiro atoms. The third-order valence-corrected chi connectivity index (χ3v) is 2.70. The lowest BCUT2D eigenvalue weighted by molar-refractivity contribution is -0.146. The molecule has 0 saturated heterocycles. The number of esters is 1. The molecule has 1 N–H and O–H groups in total. The second-order valence-corrected chi connectivity index (χ2v) is 4.02. The highest BCUT2D eigenvalue weighted by Gasteiger charge is 2.26. The standard InChI is InChI=1S/C15H17NO4/c1-4-8-12(15(18)20-3)16-14(17)13(19-2)11-9-6-5-7-10-11/h1,5-7,9-10,12-13H,8H2,2-3H3,(H,16,17)/t12-,13-/m1/s1. The Kier molecular flexibility index (Phi) is 6.27. The maximum Gasteiger partial charge on any atom is 0.329 e. The van der Waals surface area contributed by atoms with Crippen molar-refractivity contribution in [3.8, 4) is 12.3 Å². The molecule has 1 aromatic rings. The molecule has 2 atom stereocenters. The number of benzene rings is 1. The Labute approximate surface area is 118 Å². The van der Waals surface area contributed by atoms with Gasteiger partial charge in [0.1, 0.15) is 6.04 Å². The van der Waals surface area contributed by atoms with Gasteiger partial charge in [-0.2, -0.15) is 0 Å². The molecule has 20 heavy (non-hydrogen) atoms. The molecule has 0 aromatic heterocycles. The Balaban J connectivity index is 2.81. The molecule has 5 heteroatoms. The smallest absolute Gasteiger partial charge is 0.329 e. The van der Waals surface area contributed by atoms with Crippen LogP contribution in [-0.2, 0) is 19.1 Å². The summed E-state index contributed by atoms with van der Waals surface area (Å²) in [6.07, 6.45) is 4.43. The van der Waals surface area contributed by atoms with Crippen LogP contribution in [0.2, 0.25) is 0 Å². The summed E-state index contributed by atoms with van der Waals surface area (Å²) >= 11 is 0. The fourth-order valence-corrected chi connectivity index (χ4v) is 1.72. The van der Waals surface area contributed by atoms with Gasteiger partial charge in [0.2, 0.25) is 0 Å². The first-order valence-corrected chi connectivity index (χ1v) is 6.03. The van der Waals surface area contributed by atoms with E-state index in [2.05, 4.69) is 16.0 Å². The molecule has 0 aliphatic carbocycles. The average Bonchev–Trinajstić information content (AvgIpc) is 2.48. The van der Waals surface area contributed by atoms with Crippen LogP contribution >= 0.6 is 0 Å². The first-order valence-electron chi connectivity index (χ1n) is 6.03. The van der Waals surface area contributed by atoms with Crippen molar-refractivity contribution in [2.45, 2.75) is 18.6 Å². The molecule has 1 amide bonds. The van der Waals surface area contributed by atoms with Crippen LogP contribution in [0.3, 0.4) is 0 Å². The maximum atomic E-state index is 12.2. The monoisotopic (exact) mass is 275 g/mol. The molecule has 0 unspecified atom stereocenters. The minimum atomic E-state index is -0.876. The number of ether oxygens (including phenoxy) is 2. The summed E-state index contributed by atoms with van der Waals surface area (Å²) in [5.74, 6) is 1.30. The highest BCUT2D eigenvalue weighted by Crippen LogP contribution is 2.16. The second-order valence-electron chi connectivity index (χ2n) is 4.02. The molecule has 0 radical (unpaired) electrons. The molecule has 0 aliphatic rings. The molecule has 0 aliphatic heterocycles. The fourth-order valence-electron chi connectivity index (χ4n) is 1.72. The van der Waals surface area contributed by atoms with E-state index >= 15 is 0 Å². The van der Waals surface area contributed by atoms with Crippen molar-refractivity contribution in [1.29, 1.82) is 0 Å². The number of carbonyl (C=O) groups is 2. The number of hydrogen-bond acceptors (Lipinski definition) is 4. The second kappa shape index (κ2) is 7.97. The molecule has 5 nitrogen and oxygen atoms in total. The summed E-state index contributed by atoms with van der Waals surface area (Å²) in [6, 6.07) is 8.09. The molecular formula is C15H17NO4. The van der Waals surface area contributed by atoms with E-state index in [-0.39, 0.29) is 6.42 Å². The fraction of sp³-hybridized carbons (Fsp3) is 0.333. The zero-order valence-electron chi connectivity index (χ0n) is 11.5. The molecule has 106 valence electrons. The van der Waals surface area contributed by atoms with Gasteiger partial charge in [0.25, 0.3) is 5.91 Å². The minimum absolute atomic E-state index is 0.0592. The van der Waals surface area contributed by atoms with Crippen molar-refractivity contribution >= 4 is 11.9 Å². The van der Waals surface area contributed by atoms with E-state index in [9.17, 15) is 9.59 Å². The lowest BCUT2D eigenvalue weighted by Crippen LogP contribution is -2.43.